The predicted octanol–water partition coefficient (Wildman–Crippen LogP) is 5.66. The van der Waals surface area contributed by atoms with Crippen LogP contribution in [0.2, 0.25) is 0 Å². The van der Waals surface area contributed by atoms with Crippen LogP contribution in [0, 0.1) is 5.41 Å². The molecule has 4 heteroatoms. The van der Waals surface area contributed by atoms with Crippen LogP contribution >= 0.6 is 11.6 Å². The molecule has 25 heavy (non-hydrogen) atoms. The first kappa shape index (κ1) is 17.1. The highest BCUT2D eigenvalue weighted by Gasteiger charge is 2.08. The number of benzene rings is 3. The Morgan fingerprint density at radius 1 is 0.840 bits per heavy atom. The van der Waals surface area contributed by atoms with Crippen molar-refractivity contribution in [2.45, 2.75) is 13.3 Å². The van der Waals surface area contributed by atoms with Gasteiger partial charge in [0.15, 0.2) is 5.84 Å². The molecular formula is C21H18ClN3. The van der Waals surface area contributed by atoms with Gasteiger partial charge in [-0.3, -0.25) is 5.41 Å². The summed E-state index contributed by atoms with van der Waals surface area (Å²) in [6, 6.07) is 24.1. The first-order valence-corrected chi connectivity index (χ1v) is 8.50. The van der Waals surface area contributed by atoms with Crippen LogP contribution in [-0.4, -0.2) is 16.8 Å². The van der Waals surface area contributed by atoms with Gasteiger partial charge in [0.2, 0.25) is 5.29 Å². The maximum atomic E-state index is 7.50. The lowest BCUT2D eigenvalue weighted by molar-refractivity contribution is 1.27. The van der Waals surface area contributed by atoms with E-state index in [0.29, 0.717) is 5.84 Å². The summed E-state index contributed by atoms with van der Waals surface area (Å²) in [6.07, 6.45) is 0.750. The number of aliphatic imine (C=N–C) groups is 2. The molecule has 0 fully saturated rings. The van der Waals surface area contributed by atoms with Crippen LogP contribution in [0.15, 0.2) is 82.8 Å². The molecule has 3 rings (SSSR count). The summed E-state index contributed by atoms with van der Waals surface area (Å²) in [6.45, 7) is 2.06. The van der Waals surface area contributed by atoms with E-state index in [2.05, 4.69) is 42.2 Å². The summed E-state index contributed by atoms with van der Waals surface area (Å²) in [5.41, 5.74) is 2.79. The molecule has 0 aromatic heterocycles. The molecule has 0 spiro atoms. The predicted molar refractivity (Wildman–Crippen MR) is 107 cm³/mol. The molecule has 0 heterocycles. The summed E-state index contributed by atoms with van der Waals surface area (Å²) in [4.78, 5) is 8.82. The number of fused-ring (bicyclic) bond motifs is 1. The number of nitrogens with zero attached hydrogens (tertiary/aromatic N) is 2. The Bertz CT molecular complexity index is 959. The molecule has 3 nitrogen and oxygen atoms in total. The lowest BCUT2D eigenvalue weighted by Crippen LogP contribution is -2.07. The fraction of sp³-hybridized carbons (Fsp3) is 0.0952. The average Bonchev–Trinajstić information content (AvgIpc) is 2.65. The van der Waals surface area contributed by atoms with Gasteiger partial charge < -0.3 is 0 Å². The Kier molecular flexibility index (Phi) is 5.36. The monoisotopic (exact) mass is 347 g/mol. The Labute approximate surface area is 152 Å². The van der Waals surface area contributed by atoms with Crippen molar-refractivity contribution in [3.05, 3.63) is 83.9 Å². The third-order valence-corrected chi connectivity index (χ3v) is 3.98. The van der Waals surface area contributed by atoms with E-state index in [0.717, 1.165) is 23.3 Å². The van der Waals surface area contributed by atoms with Crippen LogP contribution in [0.5, 0.6) is 0 Å². The number of halogens is 1. The zero-order chi connectivity index (χ0) is 17.6. The first-order chi connectivity index (χ1) is 12.2. The minimum Gasteiger partial charge on any atom is -0.272 e. The third kappa shape index (κ3) is 4.20. The van der Waals surface area contributed by atoms with Gasteiger partial charge in [-0.1, -0.05) is 73.7 Å². The van der Waals surface area contributed by atoms with Crippen LogP contribution < -0.4 is 0 Å². The SMILES string of the molecule is CCC(=N/C(=N\C(=N)Cl)c1ccccc1)c1ccc2ccccc2c1. The quantitative estimate of drug-likeness (QED) is 0.361. The molecule has 0 aliphatic heterocycles. The maximum Gasteiger partial charge on any atom is 0.216 e. The second kappa shape index (κ2) is 7.86. The number of hydrogen-bond donors (Lipinski definition) is 1. The van der Waals surface area contributed by atoms with Gasteiger partial charge in [-0.2, -0.15) is 4.99 Å². The van der Waals surface area contributed by atoms with E-state index in [4.69, 9.17) is 22.0 Å². The molecule has 0 aliphatic carbocycles. The van der Waals surface area contributed by atoms with Gasteiger partial charge >= 0.3 is 0 Å². The minimum atomic E-state index is -0.281. The third-order valence-electron chi connectivity index (χ3n) is 3.89. The maximum absolute atomic E-state index is 7.50. The molecule has 0 atom stereocenters. The lowest BCUT2D eigenvalue weighted by atomic mass is 10.0. The van der Waals surface area contributed by atoms with E-state index in [-0.39, 0.29) is 5.29 Å². The van der Waals surface area contributed by atoms with Crippen molar-refractivity contribution in [3.8, 4) is 0 Å². The molecule has 0 saturated heterocycles. The number of amidine groups is 2. The van der Waals surface area contributed by atoms with E-state index in [1.165, 1.54) is 10.8 Å². The summed E-state index contributed by atoms with van der Waals surface area (Å²) in [5.74, 6) is 0.450. The van der Waals surface area contributed by atoms with Crippen LogP contribution in [0.1, 0.15) is 24.5 Å². The smallest absolute Gasteiger partial charge is 0.216 e. The van der Waals surface area contributed by atoms with E-state index in [9.17, 15) is 0 Å². The number of hydrogen-bond acceptors (Lipinski definition) is 1. The second-order valence-corrected chi connectivity index (χ2v) is 5.92. The van der Waals surface area contributed by atoms with Gasteiger partial charge in [0.05, 0.1) is 0 Å². The fourth-order valence-corrected chi connectivity index (χ4v) is 2.76. The standard InChI is InChI=1S/C21H18ClN3/c1-2-19(18-13-12-15-8-6-7-11-17(15)14-18)24-20(25-21(22)23)16-9-4-3-5-10-16/h3-14,23H,2H2,1H3/b23-21?,24-19?,25-20-. The minimum absolute atomic E-state index is 0.281. The Morgan fingerprint density at radius 3 is 2.20 bits per heavy atom. The van der Waals surface area contributed by atoms with Crippen molar-refractivity contribution in [2.75, 3.05) is 0 Å². The molecule has 0 saturated carbocycles. The highest BCUT2D eigenvalue weighted by atomic mass is 35.5. The van der Waals surface area contributed by atoms with Crippen molar-refractivity contribution in [3.63, 3.8) is 0 Å². The Morgan fingerprint density at radius 2 is 1.52 bits per heavy atom. The topological polar surface area (TPSA) is 48.6 Å². The molecular weight excluding hydrogens is 330 g/mol. The van der Waals surface area contributed by atoms with Gasteiger partial charge in [0.25, 0.3) is 0 Å². The summed E-state index contributed by atoms with van der Waals surface area (Å²) in [7, 11) is 0. The van der Waals surface area contributed by atoms with Gasteiger partial charge in [0, 0.05) is 11.3 Å². The molecule has 3 aromatic rings. The Hall–Kier alpha value is -2.78. The van der Waals surface area contributed by atoms with Gasteiger partial charge in [-0.05, 0) is 40.4 Å². The van der Waals surface area contributed by atoms with Crippen LogP contribution in [0.25, 0.3) is 10.8 Å². The lowest BCUT2D eigenvalue weighted by Gasteiger charge is -2.08. The molecule has 1 N–H and O–H groups in total. The molecule has 124 valence electrons. The largest absolute Gasteiger partial charge is 0.272 e. The van der Waals surface area contributed by atoms with Crippen molar-refractivity contribution < 1.29 is 0 Å². The molecule has 0 aliphatic rings. The van der Waals surface area contributed by atoms with Crippen molar-refractivity contribution in [1.29, 1.82) is 5.41 Å². The van der Waals surface area contributed by atoms with Crippen LogP contribution in [0.3, 0.4) is 0 Å². The zero-order valence-corrected chi connectivity index (χ0v) is 14.7. The molecule has 0 unspecified atom stereocenters. The highest BCUT2D eigenvalue weighted by molar-refractivity contribution is 6.64. The normalized spacial score (nSPS) is 12.4. The molecule has 3 aromatic carbocycles. The van der Waals surface area contributed by atoms with Crippen molar-refractivity contribution in [1.82, 2.24) is 0 Å². The molecule has 0 amide bonds. The van der Waals surface area contributed by atoms with Crippen molar-refractivity contribution >= 4 is 39.2 Å². The number of nitrogens with one attached hydrogen (secondary N) is 1. The van der Waals surface area contributed by atoms with E-state index in [1.807, 2.05) is 42.5 Å². The zero-order valence-electron chi connectivity index (χ0n) is 13.9. The van der Waals surface area contributed by atoms with E-state index >= 15 is 0 Å². The highest BCUT2D eigenvalue weighted by Crippen LogP contribution is 2.18. The summed E-state index contributed by atoms with van der Waals surface area (Å²) < 4.78 is 0. The number of rotatable bonds is 3. The second-order valence-electron chi connectivity index (χ2n) is 5.57. The Balaban J connectivity index is 2.08. The van der Waals surface area contributed by atoms with Crippen LogP contribution in [-0.2, 0) is 0 Å². The van der Waals surface area contributed by atoms with E-state index in [1.54, 1.807) is 0 Å². The van der Waals surface area contributed by atoms with Gasteiger partial charge in [-0.25, -0.2) is 4.99 Å². The van der Waals surface area contributed by atoms with Gasteiger partial charge in [0.1, 0.15) is 0 Å². The van der Waals surface area contributed by atoms with Gasteiger partial charge in [-0.15, -0.1) is 0 Å². The molecule has 0 radical (unpaired) electrons. The summed E-state index contributed by atoms with van der Waals surface area (Å²) >= 11 is 5.70. The fourth-order valence-electron chi connectivity index (χ4n) is 2.68. The van der Waals surface area contributed by atoms with Crippen LogP contribution in [0.4, 0.5) is 0 Å². The molecule has 0 bridgehead atoms. The van der Waals surface area contributed by atoms with E-state index < -0.39 is 0 Å². The summed E-state index contributed by atoms with van der Waals surface area (Å²) in [5, 5.41) is 9.58. The first-order valence-electron chi connectivity index (χ1n) is 8.12. The van der Waals surface area contributed by atoms with Crippen molar-refractivity contribution in [2.24, 2.45) is 9.98 Å². The average molecular weight is 348 g/mol.